The van der Waals surface area contributed by atoms with Crippen LogP contribution in [0.4, 0.5) is 5.69 Å². The Labute approximate surface area is 140 Å². The minimum Gasteiger partial charge on any atom is -0.346 e. The first kappa shape index (κ1) is 15.8. The molecule has 1 nitrogen and oxygen atoms in total. The summed E-state index contributed by atoms with van der Waals surface area (Å²) >= 11 is 0. The number of rotatable bonds is 4. The maximum absolute atomic E-state index is 2.43. The van der Waals surface area contributed by atoms with Gasteiger partial charge in [-0.05, 0) is 37.1 Å². The summed E-state index contributed by atoms with van der Waals surface area (Å²) in [5.74, 6) is 0. The van der Waals surface area contributed by atoms with E-state index in [2.05, 4.69) is 104 Å². The Bertz CT molecular complexity index is 748. The Morgan fingerprint density at radius 3 is 1.74 bits per heavy atom. The quantitative estimate of drug-likeness (QED) is 0.625. The molecule has 0 radical (unpaired) electrons. The van der Waals surface area contributed by atoms with Gasteiger partial charge in [0.25, 0.3) is 0 Å². The first-order valence-corrected chi connectivity index (χ1v) is 9.18. The lowest BCUT2D eigenvalue weighted by Gasteiger charge is -2.32. The smallest absolute Gasteiger partial charge is 0.0552 e. The third-order valence-electron chi connectivity index (χ3n) is 4.08. The third kappa shape index (κ3) is 3.30. The van der Waals surface area contributed by atoms with Gasteiger partial charge in [-0.2, -0.15) is 0 Å². The van der Waals surface area contributed by atoms with Crippen molar-refractivity contribution in [1.82, 2.24) is 0 Å². The standard InChI is InChI=1S/C21H22NP/c1-17-11-10-12-18(2)21(17)23(20-15-8-5-9-16-20)22(3)19-13-6-4-7-14-19/h4-16H,1-3H3. The molecule has 0 aliphatic rings. The summed E-state index contributed by atoms with van der Waals surface area (Å²) in [6.45, 7) is 4.44. The fourth-order valence-electron chi connectivity index (χ4n) is 2.92. The van der Waals surface area contributed by atoms with Gasteiger partial charge in [0.05, 0.1) is 8.07 Å². The van der Waals surface area contributed by atoms with Crippen LogP contribution in [0, 0.1) is 13.8 Å². The molecule has 0 aliphatic carbocycles. The van der Waals surface area contributed by atoms with E-state index in [0.29, 0.717) is 0 Å². The predicted molar refractivity (Wildman–Crippen MR) is 103 cm³/mol. The summed E-state index contributed by atoms with van der Waals surface area (Å²) in [6, 6.07) is 28.1. The summed E-state index contributed by atoms with van der Waals surface area (Å²) < 4.78 is 2.43. The minimum absolute atomic E-state index is 0.597. The number of anilines is 1. The normalized spacial score (nSPS) is 12.0. The molecule has 0 spiro atoms. The van der Waals surface area contributed by atoms with E-state index in [1.54, 1.807) is 0 Å². The van der Waals surface area contributed by atoms with E-state index in [0.717, 1.165) is 0 Å². The molecule has 1 atom stereocenters. The van der Waals surface area contributed by atoms with E-state index in [9.17, 15) is 0 Å². The molecule has 3 rings (SSSR count). The highest BCUT2D eigenvalue weighted by molar-refractivity contribution is 7.74. The number of nitrogens with zero attached hydrogens (tertiary/aromatic N) is 1. The molecule has 116 valence electrons. The van der Waals surface area contributed by atoms with Crippen LogP contribution in [0.3, 0.4) is 0 Å². The van der Waals surface area contributed by atoms with E-state index >= 15 is 0 Å². The van der Waals surface area contributed by atoms with Crippen molar-refractivity contribution in [3.05, 3.63) is 90.0 Å². The number of aryl methyl sites for hydroxylation is 2. The Balaban J connectivity index is 2.16. The molecule has 23 heavy (non-hydrogen) atoms. The van der Waals surface area contributed by atoms with Gasteiger partial charge in [0.15, 0.2) is 0 Å². The highest BCUT2D eigenvalue weighted by Gasteiger charge is 2.23. The third-order valence-corrected chi connectivity index (χ3v) is 6.83. The van der Waals surface area contributed by atoms with Gasteiger partial charge in [0.1, 0.15) is 0 Å². The molecule has 0 heterocycles. The predicted octanol–water partition coefficient (Wildman–Crippen LogP) is 4.79. The van der Waals surface area contributed by atoms with Crippen LogP contribution in [-0.4, -0.2) is 7.05 Å². The first-order chi connectivity index (χ1) is 11.2. The molecular weight excluding hydrogens is 297 g/mol. The van der Waals surface area contributed by atoms with Crippen molar-refractivity contribution in [3.8, 4) is 0 Å². The van der Waals surface area contributed by atoms with Crippen LogP contribution < -0.4 is 15.3 Å². The summed E-state index contributed by atoms with van der Waals surface area (Å²) in [7, 11) is 1.61. The van der Waals surface area contributed by atoms with Crippen LogP contribution in [0.2, 0.25) is 0 Å². The van der Waals surface area contributed by atoms with Gasteiger partial charge >= 0.3 is 0 Å². The van der Waals surface area contributed by atoms with Crippen molar-refractivity contribution in [2.45, 2.75) is 13.8 Å². The summed E-state index contributed by atoms with van der Waals surface area (Å²) in [5.41, 5.74) is 3.98. The van der Waals surface area contributed by atoms with Crippen molar-refractivity contribution in [3.63, 3.8) is 0 Å². The molecule has 0 saturated carbocycles. The van der Waals surface area contributed by atoms with Gasteiger partial charge in [-0.1, -0.05) is 66.7 Å². The Kier molecular flexibility index (Phi) is 4.79. The fourth-order valence-corrected chi connectivity index (χ4v) is 5.46. The molecule has 0 saturated heterocycles. The number of hydrogen-bond donors (Lipinski definition) is 0. The van der Waals surface area contributed by atoms with Crippen molar-refractivity contribution in [2.24, 2.45) is 0 Å². The second kappa shape index (κ2) is 6.98. The number of benzene rings is 3. The Morgan fingerprint density at radius 1 is 0.652 bits per heavy atom. The number of hydrogen-bond acceptors (Lipinski definition) is 1. The maximum atomic E-state index is 2.43. The monoisotopic (exact) mass is 319 g/mol. The molecule has 3 aromatic rings. The van der Waals surface area contributed by atoms with Crippen LogP contribution in [-0.2, 0) is 0 Å². The van der Waals surface area contributed by atoms with Crippen LogP contribution in [0.25, 0.3) is 0 Å². The molecule has 0 bridgehead atoms. The molecule has 1 unspecified atom stereocenters. The first-order valence-electron chi connectivity index (χ1n) is 7.88. The zero-order valence-electron chi connectivity index (χ0n) is 13.9. The molecule has 3 aromatic carbocycles. The lowest BCUT2D eigenvalue weighted by molar-refractivity contribution is 1.33. The SMILES string of the molecule is Cc1cccc(C)c1P(c1ccccc1)N(C)c1ccccc1. The Morgan fingerprint density at radius 2 is 1.17 bits per heavy atom. The van der Waals surface area contributed by atoms with E-state index in [1.165, 1.54) is 27.4 Å². The lowest BCUT2D eigenvalue weighted by atomic mass is 10.2. The Hall–Kier alpha value is -2.11. The van der Waals surface area contributed by atoms with Gasteiger partial charge in [-0.15, -0.1) is 0 Å². The average molecular weight is 319 g/mol. The largest absolute Gasteiger partial charge is 0.346 e. The molecule has 0 aromatic heterocycles. The molecule has 0 fully saturated rings. The van der Waals surface area contributed by atoms with Gasteiger partial charge < -0.3 is 4.67 Å². The topological polar surface area (TPSA) is 3.24 Å². The van der Waals surface area contributed by atoms with Crippen molar-refractivity contribution in [2.75, 3.05) is 11.7 Å². The molecule has 0 N–H and O–H groups in total. The second-order valence-corrected chi connectivity index (χ2v) is 7.93. The number of para-hydroxylation sites is 1. The average Bonchev–Trinajstić information content (AvgIpc) is 2.59. The lowest BCUT2D eigenvalue weighted by Crippen LogP contribution is -2.28. The van der Waals surface area contributed by atoms with Crippen molar-refractivity contribution in [1.29, 1.82) is 0 Å². The van der Waals surface area contributed by atoms with Crippen LogP contribution in [0.1, 0.15) is 11.1 Å². The summed E-state index contributed by atoms with van der Waals surface area (Å²) in [4.78, 5) is 0. The fraction of sp³-hybridized carbons (Fsp3) is 0.143. The minimum atomic E-state index is -0.597. The van der Waals surface area contributed by atoms with E-state index in [4.69, 9.17) is 0 Å². The van der Waals surface area contributed by atoms with Gasteiger partial charge in [0.2, 0.25) is 0 Å². The molecule has 2 heteroatoms. The highest BCUT2D eigenvalue weighted by Crippen LogP contribution is 2.42. The van der Waals surface area contributed by atoms with Gasteiger partial charge in [-0.25, -0.2) is 0 Å². The van der Waals surface area contributed by atoms with Crippen LogP contribution in [0.5, 0.6) is 0 Å². The zero-order valence-corrected chi connectivity index (χ0v) is 14.8. The van der Waals surface area contributed by atoms with Crippen LogP contribution >= 0.6 is 8.07 Å². The zero-order chi connectivity index (χ0) is 16.2. The van der Waals surface area contributed by atoms with Gasteiger partial charge in [-0.3, -0.25) is 0 Å². The van der Waals surface area contributed by atoms with Crippen molar-refractivity contribution >= 4 is 24.4 Å². The van der Waals surface area contributed by atoms with Gasteiger partial charge in [0, 0.05) is 23.3 Å². The van der Waals surface area contributed by atoms with E-state index in [-0.39, 0.29) is 0 Å². The van der Waals surface area contributed by atoms with Crippen LogP contribution in [0.15, 0.2) is 78.9 Å². The molecule has 0 aliphatic heterocycles. The van der Waals surface area contributed by atoms with Crippen molar-refractivity contribution < 1.29 is 0 Å². The second-order valence-electron chi connectivity index (χ2n) is 5.75. The molecular formula is C21H22NP. The molecule has 0 amide bonds. The van der Waals surface area contributed by atoms with E-state index < -0.39 is 8.07 Å². The summed E-state index contributed by atoms with van der Waals surface area (Å²) in [5, 5.41) is 2.84. The summed E-state index contributed by atoms with van der Waals surface area (Å²) in [6.07, 6.45) is 0. The maximum Gasteiger partial charge on any atom is 0.0552 e. The highest BCUT2D eigenvalue weighted by atomic mass is 31.1. The van der Waals surface area contributed by atoms with E-state index in [1.807, 2.05) is 0 Å².